The van der Waals surface area contributed by atoms with Crippen LogP contribution in [0.25, 0.3) is 119 Å². The Morgan fingerprint density at radius 3 is 1.78 bits per heavy atom. The van der Waals surface area contributed by atoms with E-state index in [1.54, 1.807) is 0 Å². The molecule has 10 aromatic carbocycles. The molecule has 274 valence electrons. The highest BCUT2D eigenvalue weighted by atomic mass is 32.1. The van der Waals surface area contributed by atoms with Crippen molar-refractivity contribution in [2.24, 2.45) is 0 Å². The third-order valence-electron chi connectivity index (χ3n) is 11.9. The van der Waals surface area contributed by atoms with E-state index < -0.39 is 0 Å². The quantitative estimate of drug-likeness (QED) is 0.129. The summed E-state index contributed by atoms with van der Waals surface area (Å²) in [6.45, 7) is 0. The highest BCUT2D eigenvalue weighted by molar-refractivity contribution is 7.26. The van der Waals surface area contributed by atoms with Crippen molar-refractivity contribution in [1.82, 2.24) is 9.97 Å². The number of fused-ring (bicyclic) bond motifs is 8. The Bertz CT molecular complexity index is 3600. The Balaban J connectivity index is 0.923. The van der Waals surface area contributed by atoms with Gasteiger partial charge in [0.25, 0.3) is 0 Å². The van der Waals surface area contributed by atoms with Crippen LogP contribution in [0.3, 0.4) is 0 Å². The van der Waals surface area contributed by atoms with Crippen LogP contribution in [-0.4, -0.2) is 9.97 Å². The molecule has 0 radical (unpaired) electrons. The summed E-state index contributed by atoms with van der Waals surface area (Å²) < 4.78 is 2.53. The molecule has 3 heteroatoms. The molecule has 0 aliphatic rings. The summed E-state index contributed by atoms with van der Waals surface area (Å²) in [5.41, 5.74) is 9.87. The van der Waals surface area contributed by atoms with E-state index in [4.69, 9.17) is 9.97 Å². The van der Waals surface area contributed by atoms with Crippen molar-refractivity contribution >= 4 is 74.6 Å². The molecular weight excluding hydrogens is 733 g/mol. The lowest BCUT2D eigenvalue weighted by molar-refractivity contribution is 1.19. The molecule has 2 aromatic heterocycles. The number of nitrogens with zero attached hydrogens (tertiary/aromatic N) is 2. The van der Waals surface area contributed by atoms with Crippen molar-refractivity contribution in [2.75, 3.05) is 0 Å². The number of benzene rings is 10. The second-order valence-corrected chi connectivity index (χ2v) is 16.4. The summed E-state index contributed by atoms with van der Waals surface area (Å²) in [4.78, 5) is 10.3. The van der Waals surface area contributed by atoms with Gasteiger partial charge in [0, 0.05) is 36.9 Å². The van der Waals surface area contributed by atoms with Gasteiger partial charge in [0.2, 0.25) is 0 Å². The zero-order valence-corrected chi connectivity index (χ0v) is 32.7. The molecule has 0 fully saturated rings. The van der Waals surface area contributed by atoms with Gasteiger partial charge in [-0.25, -0.2) is 9.97 Å². The zero-order valence-electron chi connectivity index (χ0n) is 31.9. The van der Waals surface area contributed by atoms with Crippen LogP contribution >= 0.6 is 11.3 Å². The second kappa shape index (κ2) is 13.6. The number of rotatable bonds is 5. The summed E-state index contributed by atoms with van der Waals surface area (Å²) in [6, 6.07) is 74.6. The van der Waals surface area contributed by atoms with E-state index in [0.29, 0.717) is 0 Å². The van der Waals surface area contributed by atoms with Gasteiger partial charge in [-0.1, -0.05) is 176 Å². The van der Waals surface area contributed by atoms with Crippen LogP contribution in [0.1, 0.15) is 0 Å². The van der Waals surface area contributed by atoms with Gasteiger partial charge in [-0.3, -0.25) is 0 Å². The lowest BCUT2D eigenvalue weighted by atomic mass is 9.89. The van der Waals surface area contributed by atoms with Gasteiger partial charge in [-0.15, -0.1) is 11.3 Å². The molecule has 0 unspecified atom stereocenters. The third-order valence-corrected chi connectivity index (χ3v) is 13.1. The van der Waals surface area contributed by atoms with Crippen LogP contribution < -0.4 is 0 Å². The fourth-order valence-electron chi connectivity index (χ4n) is 8.94. The summed E-state index contributed by atoms with van der Waals surface area (Å²) in [6.07, 6.45) is 0. The molecule has 0 saturated heterocycles. The number of aromatic nitrogens is 2. The van der Waals surface area contributed by atoms with Crippen molar-refractivity contribution < 1.29 is 0 Å². The Morgan fingerprint density at radius 1 is 0.305 bits per heavy atom. The van der Waals surface area contributed by atoms with E-state index in [1.807, 2.05) is 29.5 Å². The topological polar surface area (TPSA) is 25.8 Å². The van der Waals surface area contributed by atoms with Crippen LogP contribution in [0.15, 0.2) is 206 Å². The minimum Gasteiger partial charge on any atom is -0.228 e. The molecule has 0 spiro atoms. The van der Waals surface area contributed by atoms with Crippen molar-refractivity contribution in [2.45, 2.75) is 0 Å². The molecule has 0 atom stereocenters. The Kier molecular flexibility index (Phi) is 7.75. The molecule has 59 heavy (non-hydrogen) atoms. The van der Waals surface area contributed by atoms with Gasteiger partial charge in [0.15, 0.2) is 5.82 Å². The molecule has 2 heterocycles. The normalized spacial score (nSPS) is 11.7. The van der Waals surface area contributed by atoms with Crippen LogP contribution in [0.4, 0.5) is 0 Å². The number of hydrogen-bond donors (Lipinski definition) is 0. The summed E-state index contributed by atoms with van der Waals surface area (Å²) in [5, 5.41) is 12.6. The molecule has 0 saturated carbocycles. The standard InChI is InChI=1S/C56H34N2S/c1-2-12-38(13-3-1)56-57-51(34-52(58-56)49-19-10-18-48-46-17-8-9-20-53(46)59-55(48)49)37-23-21-35(22-24-37)39-25-26-41-32-43(28-27-40(41)31-39)54-45-16-7-5-14-42(45)33-50-44-15-6-4-11-36(44)29-30-47(50)54/h1-34H. The first-order valence-corrected chi connectivity index (χ1v) is 20.9. The summed E-state index contributed by atoms with van der Waals surface area (Å²) >= 11 is 1.83. The average molecular weight is 767 g/mol. The second-order valence-electron chi connectivity index (χ2n) is 15.3. The predicted molar refractivity (Wildman–Crippen MR) is 252 cm³/mol. The molecule has 0 aliphatic carbocycles. The molecule has 0 amide bonds. The van der Waals surface area contributed by atoms with Crippen LogP contribution in [0.2, 0.25) is 0 Å². The third kappa shape index (κ3) is 5.70. The van der Waals surface area contributed by atoms with Gasteiger partial charge < -0.3 is 0 Å². The minimum absolute atomic E-state index is 0.721. The number of thiophene rings is 1. The largest absolute Gasteiger partial charge is 0.228 e. The van der Waals surface area contributed by atoms with Gasteiger partial charge in [-0.2, -0.15) is 0 Å². The van der Waals surface area contributed by atoms with E-state index in [1.165, 1.54) is 85.5 Å². The Morgan fingerprint density at radius 2 is 0.932 bits per heavy atom. The van der Waals surface area contributed by atoms with Crippen LogP contribution in [0.5, 0.6) is 0 Å². The fourth-order valence-corrected chi connectivity index (χ4v) is 10.2. The summed E-state index contributed by atoms with van der Waals surface area (Å²) in [5.74, 6) is 0.721. The Hall–Kier alpha value is -7.46. The smallest absolute Gasteiger partial charge is 0.160 e. The molecular formula is C56H34N2S. The molecule has 12 aromatic rings. The van der Waals surface area contributed by atoms with E-state index >= 15 is 0 Å². The highest BCUT2D eigenvalue weighted by Gasteiger charge is 2.16. The maximum atomic E-state index is 5.18. The molecule has 12 rings (SSSR count). The molecule has 0 N–H and O–H groups in total. The van der Waals surface area contributed by atoms with Crippen LogP contribution in [-0.2, 0) is 0 Å². The first-order valence-electron chi connectivity index (χ1n) is 20.1. The molecule has 0 aliphatic heterocycles. The highest BCUT2D eigenvalue weighted by Crippen LogP contribution is 2.42. The molecule has 2 nitrogen and oxygen atoms in total. The lowest BCUT2D eigenvalue weighted by Gasteiger charge is -2.15. The summed E-state index contributed by atoms with van der Waals surface area (Å²) in [7, 11) is 0. The monoisotopic (exact) mass is 766 g/mol. The predicted octanol–water partition coefficient (Wildman–Crippen LogP) is 15.8. The number of hydrogen-bond acceptors (Lipinski definition) is 3. The zero-order chi connectivity index (χ0) is 38.9. The van der Waals surface area contributed by atoms with Gasteiger partial charge >= 0.3 is 0 Å². The SMILES string of the molecule is c1ccc(-c2nc(-c3ccc(-c4ccc5cc(-c6c7ccccc7cc7c6ccc6ccccc67)ccc5c4)cc3)cc(-c3cccc4c3sc3ccccc34)n2)cc1. The van der Waals surface area contributed by atoms with E-state index in [0.717, 1.165) is 33.9 Å². The first kappa shape index (κ1) is 33.7. The first-order chi connectivity index (χ1) is 29.2. The van der Waals surface area contributed by atoms with Crippen molar-refractivity contribution in [3.05, 3.63) is 206 Å². The molecule has 0 bridgehead atoms. The average Bonchev–Trinajstić information content (AvgIpc) is 3.70. The maximum absolute atomic E-state index is 5.18. The lowest BCUT2D eigenvalue weighted by Crippen LogP contribution is -1.96. The maximum Gasteiger partial charge on any atom is 0.160 e. The fraction of sp³-hybridized carbons (Fsp3) is 0. The van der Waals surface area contributed by atoms with E-state index in [2.05, 4.69) is 188 Å². The van der Waals surface area contributed by atoms with Crippen LogP contribution in [0, 0.1) is 0 Å². The van der Waals surface area contributed by atoms with E-state index in [-0.39, 0.29) is 0 Å². The van der Waals surface area contributed by atoms with Crippen molar-refractivity contribution in [3.63, 3.8) is 0 Å². The van der Waals surface area contributed by atoms with Gasteiger partial charge in [0.05, 0.1) is 11.4 Å². The van der Waals surface area contributed by atoms with Crippen molar-refractivity contribution in [3.8, 4) is 56.2 Å². The van der Waals surface area contributed by atoms with Gasteiger partial charge in [0.1, 0.15) is 0 Å². The van der Waals surface area contributed by atoms with Gasteiger partial charge in [-0.05, 0) is 95.7 Å². The van der Waals surface area contributed by atoms with Crippen molar-refractivity contribution in [1.29, 1.82) is 0 Å². The van der Waals surface area contributed by atoms with E-state index in [9.17, 15) is 0 Å². The minimum atomic E-state index is 0.721. The Labute approximate surface area is 345 Å².